The third-order valence-electron chi connectivity index (χ3n) is 10.7. The van der Waals surface area contributed by atoms with Gasteiger partial charge in [0.15, 0.2) is 11.5 Å². The maximum absolute atomic E-state index is 13.9. The van der Waals surface area contributed by atoms with E-state index in [0.29, 0.717) is 0 Å². The number of carbonyl (C=O) groups excluding carboxylic acids is 4. The van der Waals surface area contributed by atoms with Crippen LogP contribution in [0.25, 0.3) is 5.57 Å². The molecule has 7 aliphatic rings. The fraction of sp³-hybridized carbons (Fsp3) is 0.487. The summed E-state index contributed by atoms with van der Waals surface area (Å²) in [7, 11) is 0. The van der Waals surface area contributed by atoms with Crippen molar-refractivity contribution in [2.45, 2.75) is 97.9 Å². The smallest absolute Gasteiger partial charge is 0.314 e. The number of amides is 1. The predicted molar refractivity (Wildman–Crippen MR) is 191 cm³/mol. The van der Waals surface area contributed by atoms with Crippen LogP contribution >= 0.6 is 0 Å². The van der Waals surface area contributed by atoms with Gasteiger partial charge in [0.1, 0.15) is 40.5 Å². The van der Waals surface area contributed by atoms with Gasteiger partial charge in [0, 0.05) is 41.0 Å². The predicted octanol–water partition coefficient (Wildman–Crippen LogP) is 2.61. The van der Waals surface area contributed by atoms with Gasteiger partial charge >= 0.3 is 11.9 Å². The second-order valence-electron chi connectivity index (χ2n) is 14.9. The van der Waals surface area contributed by atoms with Crippen LogP contribution in [0.2, 0.25) is 0 Å². The topological polar surface area (TPSA) is 239 Å². The Balaban J connectivity index is 1.80. The highest BCUT2D eigenvalue weighted by Gasteiger charge is 2.53. The van der Waals surface area contributed by atoms with Crippen LogP contribution in [0.1, 0.15) is 76.9 Å². The number of carbonyl (C=O) groups is 4. The third kappa shape index (κ3) is 6.86. The average Bonchev–Trinajstić information content (AvgIpc) is 3.09. The van der Waals surface area contributed by atoms with E-state index in [1.807, 2.05) is 0 Å². The molecule has 0 spiro atoms. The summed E-state index contributed by atoms with van der Waals surface area (Å²) in [5, 5.41) is 71.6. The number of phenolic OH excluding ortho intramolecular Hbond substituents is 1. The summed E-state index contributed by atoms with van der Waals surface area (Å²) in [6, 6.07) is 0. The standard InChI is InChI=1S/C39H47NO14/c1-15-11-10-12-38(8,49)35-20(6)29(44)25(37(48)54-35)28(43)19(5)34(46)39(9,50)13-16(2)31-24-22-23(27(42)18(4)32(24)52-14-51-31)30(45)26(40-36(15)47)17(3)33(22)53-21(7)41/h10-13,19-20,25,28-29,34-35,43-46,49-50H,14H2,1-9H3,(H,40,47)/b12-10+,15-11?,16-13-. The van der Waals surface area contributed by atoms with Crippen molar-refractivity contribution in [3.05, 3.63) is 69.2 Å². The molecule has 6 aliphatic heterocycles. The molecule has 15 nitrogen and oxygen atoms in total. The summed E-state index contributed by atoms with van der Waals surface area (Å²) >= 11 is 0. The van der Waals surface area contributed by atoms with E-state index in [4.69, 9.17) is 18.9 Å². The normalized spacial score (nSPS) is 34.9. The zero-order valence-corrected chi connectivity index (χ0v) is 31.5. The quantitative estimate of drug-likeness (QED) is 0.124. The number of ketones is 1. The number of aliphatic hydroxyl groups is 5. The van der Waals surface area contributed by atoms with Crippen LogP contribution in [-0.2, 0) is 28.6 Å². The largest absolute Gasteiger partial charge is 0.505 e. The van der Waals surface area contributed by atoms with Gasteiger partial charge in [-0.2, -0.15) is 0 Å². The van der Waals surface area contributed by atoms with Gasteiger partial charge in [0.25, 0.3) is 5.91 Å². The fourth-order valence-corrected chi connectivity index (χ4v) is 7.59. The number of hydrogen-bond acceptors (Lipinski definition) is 14. The molecule has 0 saturated carbocycles. The van der Waals surface area contributed by atoms with Crippen molar-refractivity contribution < 1.29 is 68.8 Å². The van der Waals surface area contributed by atoms with E-state index < -0.39 is 89.5 Å². The van der Waals surface area contributed by atoms with E-state index in [0.717, 1.165) is 6.92 Å². The molecule has 1 amide bonds. The van der Waals surface area contributed by atoms with Gasteiger partial charge in [-0.1, -0.05) is 26.0 Å². The molecule has 6 bridgehead atoms. The molecule has 1 fully saturated rings. The van der Waals surface area contributed by atoms with Gasteiger partial charge in [-0.3, -0.25) is 19.2 Å². The van der Waals surface area contributed by atoms with Crippen molar-refractivity contribution in [2.75, 3.05) is 12.1 Å². The average molecular weight is 754 g/mol. The van der Waals surface area contributed by atoms with Crippen molar-refractivity contribution in [1.82, 2.24) is 0 Å². The molecule has 1 aliphatic carbocycles. The zero-order valence-electron chi connectivity index (χ0n) is 31.5. The molecule has 1 aromatic carbocycles. The molecule has 9 unspecified atom stereocenters. The Labute approximate surface area is 311 Å². The number of ether oxygens (including phenoxy) is 4. The zero-order chi connectivity index (χ0) is 40.4. The Hall–Kier alpha value is -4.80. The molecule has 15 heteroatoms. The lowest BCUT2D eigenvalue weighted by Crippen LogP contribution is -2.60. The molecule has 0 aromatic heterocycles. The van der Waals surface area contributed by atoms with Crippen LogP contribution in [0, 0.1) is 24.7 Å². The number of anilines is 1. The molecule has 292 valence electrons. The molecule has 0 radical (unpaired) electrons. The number of phenols is 1. The molecule has 8 rings (SSSR count). The van der Waals surface area contributed by atoms with Crippen molar-refractivity contribution in [1.29, 1.82) is 0 Å². The monoisotopic (exact) mass is 753 g/mol. The van der Waals surface area contributed by atoms with Crippen LogP contribution in [0.4, 0.5) is 5.69 Å². The first-order chi connectivity index (χ1) is 25.0. The third-order valence-corrected chi connectivity index (χ3v) is 10.7. The number of aromatic hydroxyl groups is 1. The maximum Gasteiger partial charge on any atom is 0.314 e. The highest BCUT2D eigenvalue weighted by Crippen LogP contribution is 2.53. The van der Waals surface area contributed by atoms with Crippen molar-refractivity contribution in [3.63, 3.8) is 0 Å². The van der Waals surface area contributed by atoms with Gasteiger partial charge in [-0.15, -0.1) is 0 Å². The van der Waals surface area contributed by atoms with E-state index in [1.165, 1.54) is 79.7 Å². The number of benzene rings is 1. The van der Waals surface area contributed by atoms with E-state index in [1.54, 1.807) is 0 Å². The van der Waals surface area contributed by atoms with E-state index in [-0.39, 0.29) is 61.9 Å². The van der Waals surface area contributed by atoms with Crippen molar-refractivity contribution in [3.8, 4) is 11.5 Å². The number of nitrogens with one attached hydrogen (secondary N) is 1. The molecule has 54 heavy (non-hydrogen) atoms. The number of allylic oxidation sites excluding steroid dienone is 5. The summed E-state index contributed by atoms with van der Waals surface area (Å²) in [6.07, 6.45) is -1.21. The number of rotatable bonds is 1. The summed E-state index contributed by atoms with van der Waals surface area (Å²) in [5.41, 5.74) is -4.31. The van der Waals surface area contributed by atoms with Gasteiger partial charge in [0.2, 0.25) is 6.79 Å². The van der Waals surface area contributed by atoms with Gasteiger partial charge in [-0.05, 0) is 59.3 Å². The Morgan fingerprint density at radius 1 is 0.907 bits per heavy atom. The van der Waals surface area contributed by atoms with E-state index in [2.05, 4.69) is 5.32 Å². The summed E-state index contributed by atoms with van der Waals surface area (Å²) in [4.78, 5) is 53.3. The van der Waals surface area contributed by atoms with E-state index >= 15 is 0 Å². The summed E-state index contributed by atoms with van der Waals surface area (Å²) < 4.78 is 22.9. The Kier molecular flexibility index (Phi) is 10.8. The SMILES string of the molecule is CC(=O)Oc1c(C)c2c(O)c3c1C1=C(OCOC1=C(C)C3=O)/C(C)=C\C(C)(O)C(O)C(C)C(O)C1C(=O)OC(C(C)C1O)C(C)(O)/C=C/C=C(C)C(=O)N2. The van der Waals surface area contributed by atoms with Crippen molar-refractivity contribution in [2.24, 2.45) is 17.8 Å². The number of Topliss-reactive ketones (excluding diaryl/α,β-unsaturated/α-hetero) is 1. The minimum atomic E-state index is -2.15. The lowest BCUT2D eigenvalue weighted by molar-refractivity contribution is -0.211. The van der Waals surface area contributed by atoms with Gasteiger partial charge < -0.3 is 54.9 Å². The minimum Gasteiger partial charge on any atom is -0.505 e. The molecule has 9 atom stereocenters. The number of aliphatic hydroxyl groups excluding tert-OH is 3. The first-order valence-electron chi connectivity index (χ1n) is 17.4. The first kappa shape index (κ1) is 40.4. The highest BCUT2D eigenvalue weighted by molar-refractivity contribution is 6.21. The molecular formula is C39H47NO14. The molecule has 1 aromatic rings. The maximum atomic E-state index is 13.9. The van der Waals surface area contributed by atoms with Crippen LogP contribution in [-0.4, -0.2) is 96.7 Å². The minimum absolute atomic E-state index is 0.0103. The Morgan fingerprint density at radius 2 is 1.52 bits per heavy atom. The van der Waals surface area contributed by atoms with Crippen LogP contribution in [0.3, 0.4) is 0 Å². The lowest BCUT2D eigenvalue weighted by atomic mass is 9.73. The number of hydrogen-bond donors (Lipinski definition) is 7. The summed E-state index contributed by atoms with van der Waals surface area (Å²) in [6.45, 7) is 12.1. The van der Waals surface area contributed by atoms with Gasteiger partial charge in [-0.25, -0.2) is 0 Å². The molecule has 6 heterocycles. The van der Waals surface area contributed by atoms with Crippen LogP contribution in [0.5, 0.6) is 11.5 Å². The van der Waals surface area contributed by atoms with Crippen LogP contribution in [0.15, 0.2) is 52.5 Å². The Bertz CT molecular complexity index is 1960. The fourth-order valence-electron chi connectivity index (χ4n) is 7.59. The van der Waals surface area contributed by atoms with E-state index in [9.17, 15) is 49.8 Å². The first-order valence-corrected chi connectivity index (χ1v) is 17.4. The molecule has 7 N–H and O–H groups in total. The molecule has 1 saturated heterocycles. The molecular weight excluding hydrogens is 706 g/mol. The Morgan fingerprint density at radius 3 is 2.15 bits per heavy atom. The second-order valence-corrected chi connectivity index (χ2v) is 14.9. The summed E-state index contributed by atoms with van der Waals surface area (Å²) in [5.74, 6) is -7.85. The van der Waals surface area contributed by atoms with Gasteiger partial charge in [0.05, 0.1) is 35.1 Å². The van der Waals surface area contributed by atoms with Crippen LogP contribution < -0.4 is 10.1 Å². The lowest BCUT2D eigenvalue weighted by Gasteiger charge is -2.45. The highest BCUT2D eigenvalue weighted by atomic mass is 16.7. The number of esters is 2. The van der Waals surface area contributed by atoms with Crippen molar-refractivity contribution >= 4 is 34.9 Å². The second kappa shape index (κ2) is 14.5.